The molecular formula is C15H18N6. The van der Waals surface area contributed by atoms with Crippen LogP contribution in [0.5, 0.6) is 0 Å². The predicted molar refractivity (Wildman–Crippen MR) is 85.0 cm³/mol. The van der Waals surface area contributed by atoms with E-state index in [9.17, 15) is 0 Å². The van der Waals surface area contributed by atoms with Crippen molar-refractivity contribution in [2.24, 2.45) is 0 Å². The third-order valence-corrected chi connectivity index (χ3v) is 3.28. The number of aryl methyl sites for hydroxylation is 2. The fourth-order valence-corrected chi connectivity index (χ4v) is 2.25. The first-order valence-corrected chi connectivity index (χ1v) is 6.96. The number of nitrogens with zero attached hydrogens (tertiary/aromatic N) is 3. The van der Waals surface area contributed by atoms with Crippen molar-refractivity contribution in [3.63, 3.8) is 0 Å². The van der Waals surface area contributed by atoms with Crippen LogP contribution in [0.1, 0.15) is 18.1 Å². The van der Waals surface area contributed by atoms with Gasteiger partial charge >= 0.3 is 0 Å². The maximum Gasteiger partial charge on any atom is 0.226 e. The lowest BCUT2D eigenvalue weighted by Gasteiger charge is -2.11. The molecule has 0 fully saturated rings. The van der Waals surface area contributed by atoms with Gasteiger partial charge in [0, 0.05) is 12.2 Å². The second-order valence-corrected chi connectivity index (χ2v) is 5.00. The van der Waals surface area contributed by atoms with Gasteiger partial charge in [0.05, 0.1) is 11.6 Å². The van der Waals surface area contributed by atoms with Crippen molar-refractivity contribution >= 4 is 28.5 Å². The molecule has 0 spiro atoms. The van der Waals surface area contributed by atoms with Crippen LogP contribution in [0.2, 0.25) is 0 Å². The van der Waals surface area contributed by atoms with E-state index >= 15 is 0 Å². The summed E-state index contributed by atoms with van der Waals surface area (Å²) in [4.78, 5) is 8.91. The number of aromatic nitrogens is 4. The largest absolute Gasteiger partial charge is 0.354 e. The number of fused-ring (bicyclic) bond motifs is 1. The Balaban J connectivity index is 2.04. The summed E-state index contributed by atoms with van der Waals surface area (Å²) in [5.41, 5.74) is 4.16. The highest BCUT2D eigenvalue weighted by atomic mass is 15.2. The van der Waals surface area contributed by atoms with Gasteiger partial charge in [0.15, 0.2) is 5.65 Å². The zero-order valence-electron chi connectivity index (χ0n) is 12.4. The van der Waals surface area contributed by atoms with Gasteiger partial charge in [-0.1, -0.05) is 17.7 Å². The van der Waals surface area contributed by atoms with Gasteiger partial charge in [-0.2, -0.15) is 15.1 Å². The lowest BCUT2D eigenvalue weighted by atomic mass is 10.1. The molecule has 3 aromatic rings. The number of anilines is 3. The first kappa shape index (κ1) is 13.4. The van der Waals surface area contributed by atoms with E-state index in [1.165, 1.54) is 11.1 Å². The molecule has 6 heteroatoms. The first-order valence-electron chi connectivity index (χ1n) is 6.96. The Morgan fingerprint density at radius 1 is 1.19 bits per heavy atom. The summed E-state index contributed by atoms with van der Waals surface area (Å²) in [6, 6.07) is 6.28. The maximum atomic E-state index is 4.53. The van der Waals surface area contributed by atoms with Crippen molar-refractivity contribution < 1.29 is 0 Å². The molecule has 0 bridgehead atoms. The average molecular weight is 282 g/mol. The third-order valence-electron chi connectivity index (χ3n) is 3.28. The highest BCUT2D eigenvalue weighted by molar-refractivity contribution is 5.89. The molecule has 6 nitrogen and oxygen atoms in total. The molecule has 1 aromatic carbocycles. The molecule has 2 aromatic heterocycles. The first-order chi connectivity index (χ1) is 10.2. The molecule has 0 amide bonds. The molecular weight excluding hydrogens is 264 g/mol. The van der Waals surface area contributed by atoms with Crippen LogP contribution < -0.4 is 10.6 Å². The van der Waals surface area contributed by atoms with Crippen molar-refractivity contribution in [1.29, 1.82) is 0 Å². The second kappa shape index (κ2) is 5.40. The molecule has 0 saturated carbocycles. The minimum absolute atomic E-state index is 0.585. The van der Waals surface area contributed by atoms with Crippen molar-refractivity contribution in [2.75, 3.05) is 17.2 Å². The second-order valence-electron chi connectivity index (χ2n) is 5.00. The van der Waals surface area contributed by atoms with E-state index in [0.717, 1.165) is 23.4 Å². The van der Waals surface area contributed by atoms with Crippen LogP contribution in [0, 0.1) is 13.8 Å². The van der Waals surface area contributed by atoms with E-state index in [-0.39, 0.29) is 0 Å². The maximum absolute atomic E-state index is 4.53. The predicted octanol–water partition coefficient (Wildman–Crippen LogP) is 3.15. The Morgan fingerprint density at radius 3 is 2.81 bits per heavy atom. The standard InChI is InChI=1S/C15H18N6/c1-4-16-15-19-13(11-8-17-21-14(11)20-15)18-12-6-5-9(2)7-10(12)3/h5-8H,4H2,1-3H3,(H3,16,17,18,19,20,21). The molecule has 0 aliphatic rings. The van der Waals surface area contributed by atoms with Crippen LogP contribution in [0.25, 0.3) is 11.0 Å². The van der Waals surface area contributed by atoms with E-state index in [2.05, 4.69) is 62.8 Å². The van der Waals surface area contributed by atoms with Crippen LogP contribution in [-0.2, 0) is 0 Å². The molecule has 0 radical (unpaired) electrons. The molecule has 0 atom stereocenters. The minimum atomic E-state index is 0.585. The van der Waals surface area contributed by atoms with Crippen LogP contribution >= 0.6 is 0 Å². The van der Waals surface area contributed by atoms with E-state index in [0.29, 0.717) is 11.6 Å². The normalized spacial score (nSPS) is 10.8. The lowest BCUT2D eigenvalue weighted by Crippen LogP contribution is -2.05. The summed E-state index contributed by atoms with van der Waals surface area (Å²) in [5.74, 6) is 1.33. The summed E-state index contributed by atoms with van der Waals surface area (Å²) in [5, 5.41) is 14.3. The Bertz CT molecular complexity index is 777. The monoisotopic (exact) mass is 282 g/mol. The number of rotatable bonds is 4. The molecule has 3 N–H and O–H groups in total. The van der Waals surface area contributed by atoms with E-state index in [1.807, 2.05) is 6.92 Å². The number of aromatic amines is 1. The molecule has 0 aliphatic heterocycles. The zero-order chi connectivity index (χ0) is 14.8. The van der Waals surface area contributed by atoms with Gasteiger partial charge < -0.3 is 10.6 Å². The molecule has 21 heavy (non-hydrogen) atoms. The van der Waals surface area contributed by atoms with Gasteiger partial charge in [-0.05, 0) is 32.4 Å². The quantitative estimate of drug-likeness (QED) is 0.685. The molecule has 0 aliphatic carbocycles. The smallest absolute Gasteiger partial charge is 0.226 e. The van der Waals surface area contributed by atoms with Crippen molar-refractivity contribution in [3.05, 3.63) is 35.5 Å². The summed E-state index contributed by atoms with van der Waals surface area (Å²) < 4.78 is 0. The van der Waals surface area contributed by atoms with E-state index in [1.54, 1.807) is 6.20 Å². The fraction of sp³-hybridized carbons (Fsp3) is 0.267. The summed E-state index contributed by atoms with van der Waals surface area (Å²) >= 11 is 0. The van der Waals surface area contributed by atoms with Gasteiger partial charge in [-0.3, -0.25) is 5.10 Å². The van der Waals surface area contributed by atoms with Crippen molar-refractivity contribution in [1.82, 2.24) is 20.2 Å². The summed E-state index contributed by atoms with van der Waals surface area (Å²) in [6.07, 6.45) is 1.73. The van der Waals surface area contributed by atoms with Crippen LogP contribution in [0.15, 0.2) is 24.4 Å². The molecule has 108 valence electrons. The number of hydrogen-bond acceptors (Lipinski definition) is 5. The SMILES string of the molecule is CCNc1nc(Nc2ccc(C)cc2C)c2cn[nH]c2n1. The highest BCUT2D eigenvalue weighted by Crippen LogP contribution is 2.26. The Labute approximate surface area is 123 Å². The van der Waals surface area contributed by atoms with Crippen LogP contribution in [0.4, 0.5) is 17.5 Å². The molecule has 3 rings (SSSR count). The highest BCUT2D eigenvalue weighted by Gasteiger charge is 2.10. The number of benzene rings is 1. The van der Waals surface area contributed by atoms with Crippen molar-refractivity contribution in [2.45, 2.75) is 20.8 Å². The van der Waals surface area contributed by atoms with Crippen molar-refractivity contribution in [3.8, 4) is 0 Å². The van der Waals surface area contributed by atoms with Gasteiger partial charge in [0.2, 0.25) is 5.95 Å². The van der Waals surface area contributed by atoms with Gasteiger partial charge in [-0.25, -0.2) is 0 Å². The Kier molecular flexibility index (Phi) is 3.43. The topological polar surface area (TPSA) is 78.5 Å². The third kappa shape index (κ3) is 2.65. The lowest BCUT2D eigenvalue weighted by molar-refractivity contribution is 1.07. The van der Waals surface area contributed by atoms with Crippen LogP contribution in [0.3, 0.4) is 0 Å². The van der Waals surface area contributed by atoms with E-state index < -0.39 is 0 Å². The minimum Gasteiger partial charge on any atom is -0.354 e. The molecule has 0 saturated heterocycles. The van der Waals surface area contributed by atoms with Gasteiger partial charge in [-0.15, -0.1) is 0 Å². The summed E-state index contributed by atoms with van der Waals surface area (Å²) in [7, 11) is 0. The number of nitrogens with one attached hydrogen (secondary N) is 3. The van der Waals surface area contributed by atoms with Gasteiger partial charge in [0.25, 0.3) is 0 Å². The Hall–Kier alpha value is -2.63. The summed E-state index contributed by atoms with van der Waals surface area (Å²) in [6.45, 7) is 6.94. The average Bonchev–Trinajstić information content (AvgIpc) is 2.91. The fourth-order valence-electron chi connectivity index (χ4n) is 2.25. The van der Waals surface area contributed by atoms with E-state index in [4.69, 9.17) is 0 Å². The van der Waals surface area contributed by atoms with Crippen LogP contribution in [-0.4, -0.2) is 26.7 Å². The Morgan fingerprint density at radius 2 is 2.05 bits per heavy atom. The molecule has 0 unspecified atom stereocenters. The zero-order valence-corrected chi connectivity index (χ0v) is 12.4. The number of H-pyrrole nitrogens is 1. The number of hydrogen-bond donors (Lipinski definition) is 3. The molecule has 2 heterocycles. The van der Waals surface area contributed by atoms with Gasteiger partial charge in [0.1, 0.15) is 5.82 Å².